The van der Waals surface area contributed by atoms with Crippen LogP contribution in [0.1, 0.15) is 0 Å². The maximum Gasteiger partial charge on any atom is 0.0320 e. The maximum atomic E-state index is 6.29. The fraction of sp³-hybridized carbons (Fsp3) is 0. The van der Waals surface area contributed by atoms with Gasteiger partial charge in [-0.05, 0) is 79.9 Å². The Labute approximate surface area is 223 Å². The predicted molar refractivity (Wildman–Crippen MR) is 162 cm³/mol. The molecule has 6 rings (SSSR count). The van der Waals surface area contributed by atoms with Crippen molar-refractivity contribution in [2.75, 3.05) is 11.5 Å². The minimum atomic E-state index is 0.736. The molecule has 0 aliphatic heterocycles. The van der Waals surface area contributed by atoms with Crippen LogP contribution in [0.2, 0.25) is 0 Å². The summed E-state index contributed by atoms with van der Waals surface area (Å²) in [4.78, 5) is 0. The molecule has 0 aliphatic carbocycles. The smallest absolute Gasteiger partial charge is 0.0320 e. The molecule has 0 heterocycles. The Balaban J connectivity index is 1.43. The minimum absolute atomic E-state index is 0.736. The number of rotatable bonds is 5. The minimum Gasteiger partial charge on any atom is -0.399 e. The molecule has 4 N–H and O–H groups in total. The molecular weight excluding hydrogens is 460 g/mol. The van der Waals surface area contributed by atoms with Crippen molar-refractivity contribution in [1.29, 1.82) is 0 Å². The molecule has 0 radical (unpaired) electrons. The zero-order valence-corrected chi connectivity index (χ0v) is 21.0. The molecule has 0 spiro atoms. The lowest BCUT2D eigenvalue weighted by Gasteiger charge is -2.17. The summed E-state index contributed by atoms with van der Waals surface area (Å²) < 4.78 is 0. The van der Waals surface area contributed by atoms with Gasteiger partial charge in [-0.3, -0.25) is 0 Å². The molecule has 182 valence electrons. The van der Waals surface area contributed by atoms with Crippen molar-refractivity contribution in [2.24, 2.45) is 0 Å². The zero-order valence-electron chi connectivity index (χ0n) is 21.0. The second-order valence-electron chi connectivity index (χ2n) is 9.50. The third kappa shape index (κ3) is 4.68. The van der Waals surface area contributed by atoms with Gasteiger partial charge in [0.1, 0.15) is 0 Å². The van der Waals surface area contributed by atoms with Gasteiger partial charge in [-0.25, -0.2) is 0 Å². The fourth-order valence-corrected chi connectivity index (χ4v) is 5.02. The maximum absolute atomic E-state index is 6.29. The van der Waals surface area contributed by atoms with Gasteiger partial charge in [0.15, 0.2) is 0 Å². The highest BCUT2D eigenvalue weighted by molar-refractivity contribution is 5.94. The van der Waals surface area contributed by atoms with Crippen molar-refractivity contribution >= 4 is 11.4 Å². The Morgan fingerprint density at radius 1 is 0.263 bits per heavy atom. The largest absolute Gasteiger partial charge is 0.399 e. The van der Waals surface area contributed by atoms with Crippen LogP contribution in [-0.4, -0.2) is 0 Å². The Bertz CT molecular complexity index is 1560. The lowest BCUT2D eigenvalue weighted by Crippen LogP contribution is -1.94. The standard InChI is InChI=1S/C36H28N2/c37-31-19-21-33(35(23-31)29-15-11-27(12-16-29)25-7-3-1-4-8-25)34-22-20-32(38)24-36(34)30-17-13-28(14-18-30)26-9-5-2-6-10-26/h1-24H,37-38H2. The van der Waals surface area contributed by atoms with E-state index in [0.29, 0.717) is 0 Å². The molecule has 0 bridgehead atoms. The molecular formula is C36H28N2. The molecule has 6 aromatic rings. The lowest BCUT2D eigenvalue weighted by molar-refractivity contribution is 1.55. The Hall–Kier alpha value is -5.08. The van der Waals surface area contributed by atoms with Crippen molar-refractivity contribution in [3.05, 3.63) is 146 Å². The van der Waals surface area contributed by atoms with Gasteiger partial charge < -0.3 is 11.5 Å². The molecule has 0 saturated heterocycles. The van der Waals surface area contributed by atoms with Gasteiger partial charge in [-0.2, -0.15) is 0 Å². The first-order chi connectivity index (χ1) is 18.7. The molecule has 6 aromatic carbocycles. The van der Waals surface area contributed by atoms with Gasteiger partial charge in [0.2, 0.25) is 0 Å². The van der Waals surface area contributed by atoms with Gasteiger partial charge >= 0.3 is 0 Å². The monoisotopic (exact) mass is 488 g/mol. The molecule has 0 aromatic heterocycles. The second kappa shape index (κ2) is 10.1. The van der Waals surface area contributed by atoms with Gasteiger partial charge in [-0.1, -0.05) is 121 Å². The molecule has 2 heteroatoms. The molecule has 0 saturated carbocycles. The van der Waals surface area contributed by atoms with Crippen LogP contribution in [0.4, 0.5) is 11.4 Å². The lowest BCUT2D eigenvalue weighted by atomic mass is 9.88. The van der Waals surface area contributed by atoms with E-state index in [1.807, 2.05) is 24.3 Å². The SMILES string of the molecule is Nc1ccc(-c2ccc(N)cc2-c2ccc(-c3ccccc3)cc2)c(-c2ccc(-c3ccccc3)cc2)c1. The van der Waals surface area contributed by atoms with Crippen LogP contribution in [-0.2, 0) is 0 Å². The molecule has 0 aliphatic rings. The average Bonchev–Trinajstić information content (AvgIpc) is 2.98. The summed E-state index contributed by atoms with van der Waals surface area (Å²) in [5, 5.41) is 0. The van der Waals surface area contributed by atoms with Crippen LogP contribution in [0.5, 0.6) is 0 Å². The highest BCUT2D eigenvalue weighted by Gasteiger charge is 2.14. The topological polar surface area (TPSA) is 52.0 Å². The van der Waals surface area contributed by atoms with Crippen molar-refractivity contribution < 1.29 is 0 Å². The fourth-order valence-electron chi connectivity index (χ4n) is 5.02. The Kier molecular flexibility index (Phi) is 6.21. The summed E-state index contributed by atoms with van der Waals surface area (Å²) in [6.07, 6.45) is 0. The molecule has 0 atom stereocenters. The summed E-state index contributed by atoms with van der Waals surface area (Å²) in [5.74, 6) is 0. The first-order valence-electron chi connectivity index (χ1n) is 12.8. The highest BCUT2D eigenvalue weighted by atomic mass is 14.5. The summed E-state index contributed by atoms with van der Waals surface area (Å²) in [6.45, 7) is 0. The average molecular weight is 489 g/mol. The van der Waals surface area contributed by atoms with Crippen LogP contribution < -0.4 is 11.5 Å². The number of anilines is 2. The number of hydrogen-bond donors (Lipinski definition) is 2. The summed E-state index contributed by atoms with van der Waals surface area (Å²) >= 11 is 0. The third-order valence-electron chi connectivity index (χ3n) is 6.98. The van der Waals surface area contributed by atoms with E-state index in [2.05, 4.69) is 121 Å². The normalized spacial score (nSPS) is 10.8. The van der Waals surface area contributed by atoms with E-state index in [1.165, 1.54) is 22.3 Å². The quantitative estimate of drug-likeness (QED) is 0.238. The van der Waals surface area contributed by atoms with E-state index in [1.54, 1.807) is 0 Å². The molecule has 0 fully saturated rings. The number of benzene rings is 6. The van der Waals surface area contributed by atoms with Crippen LogP contribution in [0.25, 0.3) is 55.6 Å². The number of nitrogen functional groups attached to an aromatic ring is 2. The molecule has 2 nitrogen and oxygen atoms in total. The van der Waals surface area contributed by atoms with Crippen molar-refractivity contribution in [2.45, 2.75) is 0 Å². The number of hydrogen-bond acceptors (Lipinski definition) is 2. The van der Waals surface area contributed by atoms with Crippen molar-refractivity contribution in [1.82, 2.24) is 0 Å². The van der Waals surface area contributed by atoms with E-state index in [0.717, 1.165) is 44.8 Å². The molecule has 0 amide bonds. The summed E-state index contributed by atoms with van der Waals surface area (Å²) in [6, 6.07) is 50.5. The molecule has 38 heavy (non-hydrogen) atoms. The first-order valence-corrected chi connectivity index (χ1v) is 12.8. The predicted octanol–water partition coefficient (Wildman–Crippen LogP) is 9.19. The highest BCUT2D eigenvalue weighted by Crippen LogP contribution is 2.40. The summed E-state index contributed by atoms with van der Waals surface area (Å²) in [7, 11) is 0. The van der Waals surface area contributed by atoms with E-state index in [9.17, 15) is 0 Å². The molecule has 0 unspecified atom stereocenters. The third-order valence-corrected chi connectivity index (χ3v) is 6.98. The van der Waals surface area contributed by atoms with Crippen molar-refractivity contribution in [3.8, 4) is 55.6 Å². The van der Waals surface area contributed by atoms with E-state index < -0.39 is 0 Å². The van der Waals surface area contributed by atoms with E-state index in [-0.39, 0.29) is 0 Å². The van der Waals surface area contributed by atoms with E-state index in [4.69, 9.17) is 11.5 Å². The Morgan fingerprint density at radius 3 is 0.947 bits per heavy atom. The van der Waals surface area contributed by atoms with Gasteiger partial charge in [0.05, 0.1) is 0 Å². The Morgan fingerprint density at radius 2 is 0.579 bits per heavy atom. The van der Waals surface area contributed by atoms with Gasteiger partial charge in [0.25, 0.3) is 0 Å². The summed E-state index contributed by atoms with van der Waals surface area (Å²) in [5.41, 5.74) is 25.5. The van der Waals surface area contributed by atoms with Gasteiger partial charge in [0, 0.05) is 11.4 Å². The van der Waals surface area contributed by atoms with Crippen molar-refractivity contribution in [3.63, 3.8) is 0 Å². The first kappa shape index (κ1) is 23.3. The van der Waals surface area contributed by atoms with Crippen LogP contribution in [0.3, 0.4) is 0 Å². The van der Waals surface area contributed by atoms with Crippen LogP contribution in [0, 0.1) is 0 Å². The van der Waals surface area contributed by atoms with Crippen LogP contribution in [0.15, 0.2) is 146 Å². The zero-order chi connectivity index (χ0) is 25.9. The van der Waals surface area contributed by atoms with E-state index >= 15 is 0 Å². The second-order valence-corrected chi connectivity index (χ2v) is 9.50. The number of nitrogens with two attached hydrogens (primary N) is 2. The van der Waals surface area contributed by atoms with Crippen LogP contribution >= 0.6 is 0 Å². The van der Waals surface area contributed by atoms with Gasteiger partial charge in [-0.15, -0.1) is 0 Å².